The number of hydrogen-bond donors (Lipinski definition) is 1. The van der Waals surface area contributed by atoms with Crippen molar-refractivity contribution in [1.29, 1.82) is 0 Å². The molecule has 1 N–H and O–H groups in total. The molecule has 0 atom stereocenters. The van der Waals surface area contributed by atoms with Crippen molar-refractivity contribution in [3.8, 4) is 0 Å². The quantitative estimate of drug-likeness (QED) is 0.830. The van der Waals surface area contributed by atoms with Crippen molar-refractivity contribution in [2.24, 2.45) is 0 Å². The minimum absolute atomic E-state index is 0.819. The second-order valence-corrected chi connectivity index (χ2v) is 5.94. The van der Waals surface area contributed by atoms with Gasteiger partial charge >= 0.3 is 0 Å². The van der Waals surface area contributed by atoms with E-state index in [2.05, 4.69) is 57.0 Å². The van der Waals surface area contributed by atoms with Crippen LogP contribution in [0.5, 0.6) is 0 Å². The molecule has 0 bridgehead atoms. The normalized spacial score (nSPS) is 15.4. The highest BCUT2D eigenvalue weighted by Crippen LogP contribution is 2.30. The van der Waals surface area contributed by atoms with Gasteiger partial charge in [-0.1, -0.05) is 18.2 Å². The van der Waals surface area contributed by atoms with E-state index in [-0.39, 0.29) is 0 Å². The van der Waals surface area contributed by atoms with Gasteiger partial charge in [0.1, 0.15) is 0 Å². The van der Waals surface area contributed by atoms with E-state index in [1.54, 1.807) is 0 Å². The summed E-state index contributed by atoms with van der Waals surface area (Å²) in [6.07, 6.45) is 3.94. The lowest BCUT2D eigenvalue weighted by Crippen LogP contribution is -2.19. The summed E-state index contributed by atoms with van der Waals surface area (Å²) in [7, 11) is 0. The Labute approximate surface area is 116 Å². The van der Waals surface area contributed by atoms with Gasteiger partial charge in [-0.05, 0) is 54.7 Å². The van der Waals surface area contributed by atoms with Crippen molar-refractivity contribution < 1.29 is 0 Å². The van der Waals surface area contributed by atoms with E-state index < -0.39 is 0 Å². The van der Waals surface area contributed by atoms with Crippen LogP contribution in [-0.2, 0) is 6.54 Å². The van der Waals surface area contributed by atoms with Crippen LogP contribution in [0, 0.1) is 6.92 Å². The summed E-state index contributed by atoms with van der Waals surface area (Å²) < 4.78 is 3.67. The Morgan fingerprint density at radius 1 is 1.33 bits per heavy atom. The molecule has 96 valence electrons. The standard InChI is InChI=1S/C15H19BrN2/c1-11-15(16)13-5-2-3-6-14(13)18(11)10-4-9-17-12-7-8-12/h2-3,5-6,12,17H,4,7-10H2,1H3. The summed E-state index contributed by atoms with van der Waals surface area (Å²) in [5.41, 5.74) is 2.68. The molecule has 2 nitrogen and oxygen atoms in total. The lowest BCUT2D eigenvalue weighted by molar-refractivity contribution is 0.582. The van der Waals surface area contributed by atoms with Gasteiger partial charge in [0.2, 0.25) is 0 Å². The van der Waals surface area contributed by atoms with Crippen LogP contribution in [0.3, 0.4) is 0 Å². The second-order valence-electron chi connectivity index (χ2n) is 5.15. The summed E-state index contributed by atoms with van der Waals surface area (Å²) in [4.78, 5) is 0. The molecule has 2 aromatic rings. The molecule has 1 aliphatic carbocycles. The molecule has 1 aliphatic rings. The lowest BCUT2D eigenvalue weighted by atomic mass is 10.2. The molecule has 1 aromatic heterocycles. The zero-order chi connectivity index (χ0) is 12.5. The molecule has 0 unspecified atom stereocenters. The van der Waals surface area contributed by atoms with Crippen molar-refractivity contribution in [3.63, 3.8) is 0 Å². The number of hydrogen-bond acceptors (Lipinski definition) is 1. The molecule has 1 aromatic carbocycles. The van der Waals surface area contributed by atoms with Crippen LogP contribution >= 0.6 is 15.9 Å². The zero-order valence-electron chi connectivity index (χ0n) is 10.7. The van der Waals surface area contributed by atoms with Gasteiger partial charge in [-0.2, -0.15) is 0 Å². The van der Waals surface area contributed by atoms with E-state index in [0.717, 1.165) is 19.1 Å². The van der Waals surface area contributed by atoms with Crippen LogP contribution in [-0.4, -0.2) is 17.2 Å². The average molecular weight is 307 g/mol. The molecule has 0 amide bonds. The predicted octanol–water partition coefficient (Wildman–Crippen LogP) is 3.85. The number of nitrogens with zero attached hydrogens (tertiary/aromatic N) is 1. The largest absolute Gasteiger partial charge is 0.344 e. The number of nitrogens with one attached hydrogen (secondary N) is 1. The molecule has 0 radical (unpaired) electrons. The monoisotopic (exact) mass is 306 g/mol. The van der Waals surface area contributed by atoms with Crippen molar-refractivity contribution in [1.82, 2.24) is 9.88 Å². The molecule has 1 fully saturated rings. The van der Waals surface area contributed by atoms with E-state index in [9.17, 15) is 0 Å². The van der Waals surface area contributed by atoms with Gasteiger partial charge < -0.3 is 9.88 Å². The molecule has 3 rings (SSSR count). The van der Waals surface area contributed by atoms with Gasteiger partial charge in [0, 0.05) is 33.7 Å². The number of halogens is 1. The number of benzene rings is 1. The summed E-state index contributed by atoms with van der Waals surface area (Å²) in [6.45, 7) is 4.42. The summed E-state index contributed by atoms with van der Waals surface area (Å²) in [5.74, 6) is 0. The Balaban J connectivity index is 1.75. The van der Waals surface area contributed by atoms with Gasteiger partial charge in [-0.15, -0.1) is 0 Å². The average Bonchev–Trinajstić information content (AvgIpc) is 3.18. The lowest BCUT2D eigenvalue weighted by Gasteiger charge is -2.08. The van der Waals surface area contributed by atoms with Crippen LogP contribution in [0.15, 0.2) is 28.7 Å². The van der Waals surface area contributed by atoms with E-state index in [1.165, 1.54) is 40.3 Å². The molecular formula is C15H19BrN2. The van der Waals surface area contributed by atoms with Crippen molar-refractivity contribution in [2.75, 3.05) is 6.54 Å². The molecule has 0 saturated heterocycles. The Morgan fingerprint density at radius 3 is 2.89 bits per heavy atom. The Bertz CT molecular complexity index is 555. The fourth-order valence-electron chi connectivity index (χ4n) is 2.51. The topological polar surface area (TPSA) is 17.0 Å². The van der Waals surface area contributed by atoms with Gasteiger partial charge in [-0.3, -0.25) is 0 Å². The molecule has 18 heavy (non-hydrogen) atoms. The molecule has 3 heteroatoms. The molecule has 1 saturated carbocycles. The second kappa shape index (κ2) is 5.06. The van der Waals surface area contributed by atoms with Crippen LogP contribution in [0.4, 0.5) is 0 Å². The van der Waals surface area contributed by atoms with E-state index in [4.69, 9.17) is 0 Å². The van der Waals surface area contributed by atoms with Crippen LogP contribution in [0.25, 0.3) is 10.9 Å². The molecule has 0 spiro atoms. The fraction of sp³-hybridized carbons (Fsp3) is 0.467. The maximum absolute atomic E-state index is 3.71. The van der Waals surface area contributed by atoms with Crippen LogP contribution in [0.1, 0.15) is 25.0 Å². The van der Waals surface area contributed by atoms with Gasteiger partial charge in [-0.25, -0.2) is 0 Å². The number of para-hydroxylation sites is 1. The van der Waals surface area contributed by atoms with Crippen LogP contribution in [0.2, 0.25) is 0 Å². The summed E-state index contributed by atoms with van der Waals surface area (Å²) in [5, 5.41) is 4.90. The predicted molar refractivity (Wildman–Crippen MR) is 80.0 cm³/mol. The smallest absolute Gasteiger partial charge is 0.0494 e. The van der Waals surface area contributed by atoms with E-state index in [0.29, 0.717) is 0 Å². The Hall–Kier alpha value is -0.800. The van der Waals surface area contributed by atoms with Gasteiger partial charge in [0.05, 0.1) is 0 Å². The third-order valence-electron chi connectivity index (χ3n) is 3.72. The maximum Gasteiger partial charge on any atom is 0.0494 e. The minimum Gasteiger partial charge on any atom is -0.344 e. The number of rotatable bonds is 5. The Morgan fingerprint density at radius 2 is 2.11 bits per heavy atom. The van der Waals surface area contributed by atoms with Crippen LogP contribution < -0.4 is 5.32 Å². The van der Waals surface area contributed by atoms with Gasteiger partial charge in [0.15, 0.2) is 0 Å². The first kappa shape index (κ1) is 12.2. The number of aromatic nitrogens is 1. The highest BCUT2D eigenvalue weighted by molar-refractivity contribution is 9.10. The fourth-order valence-corrected chi connectivity index (χ4v) is 3.06. The third kappa shape index (κ3) is 2.34. The first-order valence-corrected chi connectivity index (χ1v) is 7.53. The number of aryl methyl sites for hydroxylation is 1. The third-order valence-corrected chi connectivity index (χ3v) is 4.72. The molecule has 1 heterocycles. The highest BCUT2D eigenvalue weighted by atomic mass is 79.9. The SMILES string of the molecule is Cc1c(Br)c2ccccc2n1CCCNC1CC1. The first-order valence-electron chi connectivity index (χ1n) is 6.74. The summed E-state index contributed by atoms with van der Waals surface area (Å²) in [6, 6.07) is 9.44. The highest BCUT2D eigenvalue weighted by Gasteiger charge is 2.19. The van der Waals surface area contributed by atoms with Crippen molar-refractivity contribution in [2.45, 2.75) is 38.8 Å². The summed E-state index contributed by atoms with van der Waals surface area (Å²) >= 11 is 3.71. The molecule has 0 aliphatic heterocycles. The number of fused-ring (bicyclic) bond motifs is 1. The zero-order valence-corrected chi connectivity index (χ0v) is 12.3. The van der Waals surface area contributed by atoms with Gasteiger partial charge in [0.25, 0.3) is 0 Å². The first-order chi connectivity index (χ1) is 8.77. The minimum atomic E-state index is 0.819. The Kier molecular flexibility index (Phi) is 3.44. The van der Waals surface area contributed by atoms with E-state index in [1.807, 2.05) is 0 Å². The van der Waals surface area contributed by atoms with Crippen molar-refractivity contribution >= 4 is 26.8 Å². The van der Waals surface area contributed by atoms with Crippen molar-refractivity contribution in [3.05, 3.63) is 34.4 Å². The van der Waals surface area contributed by atoms with E-state index >= 15 is 0 Å². The maximum atomic E-state index is 3.71. The molecular weight excluding hydrogens is 288 g/mol.